The molecule has 2 N–H and O–H groups in total. The molecule has 0 atom stereocenters. The molecule has 0 saturated carbocycles. The minimum atomic E-state index is -0.131. The summed E-state index contributed by atoms with van der Waals surface area (Å²) in [6.07, 6.45) is 1.02. The van der Waals surface area contributed by atoms with Gasteiger partial charge in [0.15, 0.2) is 0 Å². The van der Waals surface area contributed by atoms with Crippen LogP contribution in [0.2, 0.25) is 0 Å². The van der Waals surface area contributed by atoms with Gasteiger partial charge in [0.1, 0.15) is 0 Å². The number of amides is 2. The molecule has 2 aromatic rings. The standard InChI is InChI=1S/C19H19N3O2/c1-21-19(24)17-9-6-16(7-10-17)13-22-18(23)11-8-14-2-4-15(12-20)5-3-14/h2-7,9-10H,8,11,13H2,1H3,(H,21,24)(H,22,23). The predicted molar refractivity (Wildman–Crippen MR) is 91.2 cm³/mol. The van der Waals surface area contributed by atoms with Crippen LogP contribution in [0.4, 0.5) is 0 Å². The average Bonchev–Trinajstić information content (AvgIpc) is 2.64. The summed E-state index contributed by atoms with van der Waals surface area (Å²) in [7, 11) is 1.59. The quantitative estimate of drug-likeness (QED) is 0.855. The molecular weight excluding hydrogens is 302 g/mol. The van der Waals surface area contributed by atoms with E-state index in [4.69, 9.17) is 5.26 Å². The number of benzene rings is 2. The molecule has 5 nitrogen and oxygen atoms in total. The van der Waals surface area contributed by atoms with Crippen molar-refractivity contribution < 1.29 is 9.59 Å². The third-order valence-corrected chi connectivity index (χ3v) is 3.66. The van der Waals surface area contributed by atoms with Crippen molar-refractivity contribution in [2.75, 3.05) is 7.05 Å². The SMILES string of the molecule is CNC(=O)c1ccc(CNC(=O)CCc2ccc(C#N)cc2)cc1. The molecule has 5 heteroatoms. The van der Waals surface area contributed by atoms with Crippen molar-refractivity contribution in [2.24, 2.45) is 0 Å². The lowest BCUT2D eigenvalue weighted by molar-refractivity contribution is -0.121. The van der Waals surface area contributed by atoms with Gasteiger partial charge >= 0.3 is 0 Å². The largest absolute Gasteiger partial charge is 0.355 e. The first-order valence-corrected chi connectivity index (χ1v) is 7.69. The predicted octanol–water partition coefficient (Wildman–Crippen LogP) is 2.17. The second-order valence-electron chi connectivity index (χ2n) is 5.36. The molecule has 122 valence electrons. The molecule has 0 aliphatic heterocycles. The van der Waals surface area contributed by atoms with Gasteiger partial charge < -0.3 is 10.6 Å². The molecule has 0 fully saturated rings. The van der Waals surface area contributed by atoms with E-state index in [-0.39, 0.29) is 11.8 Å². The molecule has 2 aromatic carbocycles. The molecule has 0 unspecified atom stereocenters. The van der Waals surface area contributed by atoms with Crippen molar-refractivity contribution in [2.45, 2.75) is 19.4 Å². The maximum absolute atomic E-state index is 11.9. The van der Waals surface area contributed by atoms with Gasteiger partial charge in [0.05, 0.1) is 11.6 Å². The number of hydrogen-bond acceptors (Lipinski definition) is 3. The third-order valence-electron chi connectivity index (χ3n) is 3.66. The van der Waals surface area contributed by atoms with Crippen LogP contribution < -0.4 is 10.6 Å². The molecule has 0 aliphatic carbocycles. The summed E-state index contributed by atoms with van der Waals surface area (Å²) in [4.78, 5) is 23.4. The lowest BCUT2D eigenvalue weighted by Crippen LogP contribution is -2.23. The van der Waals surface area contributed by atoms with E-state index in [0.717, 1.165) is 11.1 Å². The van der Waals surface area contributed by atoms with Gasteiger partial charge in [0.2, 0.25) is 5.91 Å². The Morgan fingerprint density at radius 3 is 2.21 bits per heavy atom. The summed E-state index contributed by atoms with van der Waals surface area (Å²) in [5, 5.41) is 14.2. The zero-order chi connectivity index (χ0) is 17.4. The van der Waals surface area contributed by atoms with Gasteiger partial charge in [0.25, 0.3) is 5.91 Å². The molecule has 0 spiro atoms. The van der Waals surface area contributed by atoms with Gasteiger partial charge in [-0.15, -0.1) is 0 Å². The molecule has 0 heterocycles. The Hall–Kier alpha value is -3.13. The lowest BCUT2D eigenvalue weighted by Gasteiger charge is -2.07. The fourth-order valence-electron chi connectivity index (χ4n) is 2.21. The smallest absolute Gasteiger partial charge is 0.251 e. The molecular formula is C19H19N3O2. The molecule has 0 radical (unpaired) electrons. The second-order valence-corrected chi connectivity index (χ2v) is 5.36. The van der Waals surface area contributed by atoms with Gasteiger partial charge in [0, 0.05) is 25.6 Å². The Morgan fingerprint density at radius 2 is 1.62 bits per heavy atom. The third kappa shape index (κ3) is 4.96. The first-order valence-electron chi connectivity index (χ1n) is 7.69. The second kappa shape index (κ2) is 8.49. The van der Waals surface area contributed by atoms with Crippen LogP contribution in [-0.4, -0.2) is 18.9 Å². The highest BCUT2D eigenvalue weighted by Crippen LogP contribution is 2.07. The van der Waals surface area contributed by atoms with E-state index in [1.807, 2.05) is 24.3 Å². The Kier molecular flexibility index (Phi) is 6.09. The van der Waals surface area contributed by atoms with Crippen LogP contribution in [0.3, 0.4) is 0 Å². The van der Waals surface area contributed by atoms with E-state index in [0.29, 0.717) is 30.5 Å². The number of aryl methyl sites for hydroxylation is 1. The van der Waals surface area contributed by atoms with E-state index in [9.17, 15) is 9.59 Å². The van der Waals surface area contributed by atoms with E-state index < -0.39 is 0 Å². The summed E-state index contributed by atoms with van der Waals surface area (Å²) in [5.41, 5.74) is 3.17. The van der Waals surface area contributed by atoms with Crippen LogP contribution >= 0.6 is 0 Å². The summed E-state index contributed by atoms with van der Waals surface area (Å²) in [5.74, 6) is -0.164. The van der Waals surface area contributed by atoms with E-state index in [2.05, 4.69) is 16.7 Å². The van der Waals surface area contributed by atoms with Crippen LogP contribution in [0.15, 0.2) is 48.5 Å². The fourth-order valence-corrected chi connectivity index (χ4v) is 2.21. The minimum Gasteiger partial charge on any atom is -0.355 e. The lowest BCUT2D eigenvalue weighted by atomic mass is 10.1. The van der Waals surface area contributed by atoms with E-state index in [1.54, 1.807) is 31.3 Å². The summed E-state index contributed by atoms with van der Waals surface area (Å²) in [6, 6.07) is 16.4. The first kappa shape index (κ1) is 17.2. The highest BCUT2D eigenvalue weighted by molar-refractivity contribution is 5.93. The van der Waals surface area contributed by atoms with Crippen LogP contribution in [0.25, 0.3) is 0 Å². The van der Waals surface area contributed by atoms with Crippen molar-refractivity contribution in [3.8, 4) is 6.07 Å². The van der Waals surface area contributed by atoms with Crippen molar-refractivity contribution in [1.82, 2.24) is 10.6 Å². The first-order chi connectivity index (χ1) is 11.6. The number of rotatable bonds is 6. The molecule has 0 aliphatic rings. The summed E-state index contributed by atoms with van der Waals surface area (Å²) < 4.78 is 0. The van der Waals surface area contributed by atoms with E-state index in [1.165, 1.54) is 0 Å². The highest BCUT2D eigenvalue weighted by Gasteiger charge is 2.05. The van der Waals surface area contributed by atoms with Crippen molar-refractivity contribution >= 4 is 11.8 Å². The molecule has 0 saturated heterocycles. The number of carbonyl (C=O) groups excluding carboxylic acids is 2. The van der Waals surface area contributed by atoms with Gasteiger partial charge in [-0.25, -0.2) is 0 Å². The normalized spacial score (nSPS) is 9.83. The Labute approximate surface area is 141 Å². The van der Waals surface area contributed by atoms with Gasteiger partial charge in [-0.3, -0.25) is 9.59 Å². The number of nitrogens with zero attached hydrogens (tertiary/aromatic N) is 1. The van der Waals surface area contributed by atoms with Crippen molar-refractivity contribution in [3.05, 3.63) is 70.8 Å². The minimum absolute atomic E-state index is 0.0327. The maximum atomic E-state index is 11.9. The fraction of sp³-hybridized carbons (Fsp3) is 0.211. The van der Waals surface area contributed by atoms with Crippen molar-refractivity contribution in [3.63, 3.8) is 0 Å². The molecule has 24 heavy (non-hydrogen) atoms. The van der Waals surface area contributed by atoms with Crippen LogP contribution in [-0.2, 0) is 17.8 Å². The molecule has 0 aromatic heterocycles. The zero-order valence-electron chi connectivity index (χ0n) is 13.5. The highest BCUT2D eigenvalue weighted by atomic mass is 16.2. The average molecular weight is 321 g/mol. The summed E-state index contributed by atoms with van der Waals surface area (Å²) >= 11 is 0. The number of hydrogen-bond donors (Lipinski definition) is 2. The molecule has 2 rings (SSSR count). The molecule has 0 bridgehead atoms. The van der Waals surface area contributed by atoms with Crippen molar-refractivity contribution in [1.29, 1.82) is 5.26 Å². The van der Waals surface area contributed by atoms with Crippen LogP contribution in [0, 0.1) is 11.3 Å². The van der Waals surface area contributed by atoms with Crippen LogP contribution in [0.1, 0.15) is 33.5 Å². The van der Waals surface area contributed by atoms with E-state index >= 15 is 0 Å². The van der Waals surface area contributed by atoms with Gasteiger partial charge in [-0.1, -0.05) is 24.3 Å². The maximum Gasteiger partial charge on any atom is 0.251 e. The Balaban J connectivity index is 1.78. The monoisotopic (exact) mass is 321 g/mol. The molecule has 2 amide bonds. The van der Waals surface area contributed by atoms with Crippen LogP contribution in [0.5, 0.6) is 0 Å². The van der Waals surface area contributed by atoms with Gasteiger partial charge in [-0.2, -0.15) is 5.26 Å². The topological polar surface area (TPSA) is 82.0 Å². The Morgan fingerprint density at radius 1 is 1.00 bits per heavy atom. The number of carbonyl (C=O) groups is 2. The number of nitriles is 1. The zero-order valence-corrected chi connectivity index (χ0v) is 13.5. The van der Waals surface area contributed by atoms with Gasteiger partial charge in [-0.05, 0) is 41.8 Å². The summed E-state index contributed by atoms with van der Waals surface area (Å²) in [6.45, 7) is 0.431. The Bertz CT molecular complexity index is 744. The number of nitrogens with one attached hydrogen (secondary N) is 2.